The van der Waals surface area contributed by atoms with E-state index in [1.165, 1.54) is 11.1 Å². The van der Waals surface area contributed by atoms with Crippen LogP contribution < -0.4 is 0 Å². The van der Waals surface area contributed by atoms with Gasteiger partial charge in [-0.15, -0.1) is 0 Å². The maximum atomic E-state index is 2.37. The second-order valence-corrected chi connectivity index (χ2v) is 5.37. The fourth-order valence-electron chi connectivity index (χ4n) is 3.47. The number of hydrogen-bond donors (Lipinski definition) is 0. The first-order valence-corrected chi connectivity index (χ1v) is 6.74. The summed E-state index contributed by atoms with van der Waals surface area (Å²) in [5.41, 5.74) is 3.04. The van der Waals surface area contributed by atoms with Crippen molar-refractivity contribution in [1.82, 2.24) is 0 Å². The van der Waals surface area contributed by atoms with Gasteiger partial charge in [0.2, 0.25) is 0 Å². The van der Waals surface area contributed by atoms with E-state index in [9.17, 15) is 0 Å². The lowest BCUT2D eigenvalue weighted by molar-refractivity contribution is 0.566. The molecule has 4 aliphatic carbocycles. The molecule has 4 rings (SSSR count). The summed E-state index contributed by atoms with van der Waals surface area (Å²) in [4.78, 5) is 0. The molecule has 4 aliphatic rings. The highest BCUT2D eigenvalue weighted by molar-refractivity contribution is 5.51. The third kappa shape index (κ3) is 1.38. The highest BCUT2D eigenvalue weighted by Gasteiger charge is 2.32. The molecule has 0 aromatic heterocycles. The molecular weight excluding hydrogens is 216 g/mol. The van der Waals surface area contributed by atoms with Crippen molar-refractivity contribution in [2.45, 2.75) is 0 Å². The van der Waals surface area contributed by atoms with Crippen molar-refractivity contribution in [3.8, 4) is 0 Å². The predicted octanol–water partition coefficient (Wildman–Crippen LogP) is 4.14. The summed E-state index contributed by atoms with van der Waals surface area (Å²) in [5, 5.41) is 0. The molecule has 0 saturated carbocycles. The molecule has 0 N–H and O–H groups in total. The van der Waals surface area contributed by atoms with Crippen LogP contribution in [0.25, 0.3) is 0 Å². The fraction of sp³-hybridized carbons (Fsp3) is 0.222. The zero-order valence-electron chi connectivity index (χ0n) is 10.2. The molecule has 18 heavy (non-hydrogen) atoms. The molecule has 0 heterocycles. The van der Waals surface area contributed by atoms with Gasteiger partial charge < -0.3 is 0 Å². The van der Waals surface area contributed by atoms with Crippen LogP contribution in [0.1, 0.15) is 0 Å². The molecule has 0 radical (unpaired) electrons. The van der Waals surface area contributed by atoms with Crippen LogP contribution in [0.2, 0.25) is 0 Å². The summed E-state index contributed by atoms with van der Waals surface area (Å²) in [6.07, 6.45) is 27.4. The van der Waals surface area contributed by atoms with E-state index < -0.39 is 0 Å². The first-order chi connectivity index (χ1) is 8.93. The normalized spacial score (nSPS) is 38.7. The molecular formula is C18H16. The second kappa shape index (κ2) is 3.84. The van der Waals surface area contributed by atoms with Crippen LogP contribution in [0.3, 0.4) is 0 Å². The highest BCUT2D eigenvalue weighted by Crippen LogP contribution is 2.43. The summed E-state index contributed by atoms with van der Waals surface area (Å²) in [7, 11) is 0. The lowest BCUT2D eigenvalue weighted by atomic mass is 9.68. The van der Waals surface area contributed by atoms with Crippen LogP contribution in [0.15, 0.2) is 84.1 Å². The molecule has 0 bridgehead atoms. The fourth-order valence-corrected chi connectivity index (χ4v) is 3.47. The van der Waals surface area contributed by atoms with E-state index in [4.69, 9.17) is 0 Å². The average Bonchev–Trinajstić information content (AvgIpc) is 2.46. The number of fused-ring (bicyclic) bond motifs is 4. The van der Waals surface area contributed by atoms with Gasteiger partial charge in [0.1, 0.15) is 0 Å². The summed E-state index contributed by atoms with van der Waals surface area (Å²) in [6, 6.07) is 0. The highest BCUT2D eigenvalue weighted by atomic mass is 14.4. The van der Waals surface area contributed by atoms with E-state index in [-0.39, 0.29) is 0 Å². The predicted molar refractivity (Wildman–Crippen MR) is 75.8 cm³/mol. The minimum Gasteiger partial charge on any atom is -0.0767 e. The van der Waals surface area contributed by atoms with Gasteiger partial charge in [0.05, 0.1) is 0 Å². The lowest BCUT2D eigenvalue weighted by Crippen LogP contribution is -2.25. The van der Waals surface area contributed by atoms with Gasteiger partial charge in [0.25, 0.3) is 0 Å². The molecule has 0 amide bonds. The Morgan fingerprint density at radius 1 is 0.500 bits per heavy atom. The Balaban J connectivity index is 1.80. The topological polar surface area (TPSA) is 0 Å². The van der Waals surface area contributed by atoms with Crippen molar-refractivity contribution >= 4 is 0 Å². The first-order valence-electron chi connectivity index (χ1n) is 6.74. The van der Waals surface area contributed by atoms with E-state index >= 15 is 0 Å². The SMILES string of the molecule is C1=CC2C=CC3=C(C=CC4C=CC=CC34)C2C=C1. The summed E-state index contributed by atoms with van der Waals surface area (Å²) in [5.74, 6) is 2.20. The Morgan fingerprint density at radius 3 is 1.44 bits per heavy atom. The Bertz CT molecular complexity index is 523. The van der Waals surface area contributed by atoms with Crippen molar-refractivity contribution in [2.75, 3.05) is 0 Å². The van der Waals surface area contributed by atoms with Gasteiger partial charge in [-0.2, -0.15) is 0 Å². The molecule has 0 saturated heterocycles. The van der Waals surface area contributed by atoms with Crippen molar-refractivity contribution in [2.24, 2.45) is 23.7 Å². The molecule has 0 heteroatoms. The van der Waals surface area contributed by atoms with Gasteiger partial charge in [-0.25, -0.2) is 0 Å². The average molecular weight is 232 g/mol. The van der Waals surface area contributed by atoms with E-state index in [2.05, 4.69) is 72.9 Å². The molecule has 0 aromatic rings. The van der Waals surface area contributed by atoms with Crippen molar-refractivity contribution in [1.29, 1.82) is 0 Å². The molecule has 0 nitrogen and oxygen atoms in total. The minimum atomic E-state index is 0.548. The zero-order valence-corrected chi connectivity index (χ0v) is 10.2. The third-order valence-electron chi connectivity index (χ3n) is 4.40. The van der Waals surface area contributed by atoms with E-state index in [1.54, 1.807) is 0 Å². The summed E-state index contributed by atoms with van der Waals surface area (Å²) in [6.45, 7) is 0. The largest absolute Gasteiger partial charge is 0.0767 e. The van der Waals surface area contributed by atoms with Crippen LogP contribution in [0.4, 0.5) is 0 Å². The quantitative estimate of drug-likeness (QED) is 0.589. The molecule has 4 atom stereocenters. The maximum absolute atomic E-state index is 2.37. The Labute approximate surface area is 108 Å². The maximum Gasteiger partial charge on any atom is 0.0122 e. The van der Waals surface area contributed by atoms with Gasteiger partial charge in [0.15, 0.2) is 0 Å². The molecule has 0 aromatic carbocycles. The molecule has 0 aliphatic heterocycles. The molecule has 4 unspecified atom stereocenters. The summed E-state index contributed by atoms with van der Waals surface area (Å²) < 4.78 is 0. The number of hydrogen-bond acceptors (Lipinski definition) is 0. The monoisotopic (exact) mass is 232 g/mol. The van der Waals surface area contributed by atoms with Crippen LogP contribution in [-0.2, 0) is 0 Å². The van der Waals surface area contributed by atoms with Gasteiger partial charge in [-0.3, -0.25) is 0 Å². The van der Waals surface area contributed by atoms with Crippen molar-refractivity contribution in [3.05, 3.63) is 84.1 Å². The van der Waals surface area contributed by atoms with Gasteiger partial charge in [-0.05, 0) is 11.1 Å². The van der Waals surface area contributed by atoms with Crippen LogP contribution in [0, 0.1) is 23.7 Å². The van der Waals surface area contributed by atoms with E-state index in [0.29, 0.717) is 23.7 Å². The lowest BCUT2D eigenvalue weighted by Gasteiger charge is -2.36. The molecule has 0 spiro atoms. The molecule has 88 valence electrons. The summed E-state index contributed by atoms with van der Waals surface area (Å²) >= 11 is 0. The zero-order chi connectivity index (χ0) is 11.9. The second-order valence-electron chi connectivity index (χ2n) is 5.37. The Hall–Kier alpha value is -1.82. The number of allylic oxidation sites excluding steroid dienone is 14. The first kappa shape index (κ1) is 10.1. The smallest absolute Gasteiger partial charge is 0.0122 e. The van der Waals surface area contributed by atoms with Crippen molar-refractivity contribution in [3.63, 3.8) is 0 Å². The molecule has 0 fully saturated rings. The Morgan fingerprint density at radius 2 is 0.944 bits per heavy atom. The number of rotatable bonds is 0. The van der Waals surface area contributed by atoms with Gasteiger partial charge in [-0.1, -0.05) is 72.9 Å². The van der Waals surface area contributed by atoms with E-state index in [0.717, 1.165) is 0 Å². The third-order valence-corrected chi connectivity index (χ3v) is 4.40. The van der Waals surface area contributed by atoms with Crippen LogP contribution >= 0.6 is 0 Å². The van der Waals surface area contributed by atoms with Crippen LogP contribution in [0.5, 0.6) is 0 Å². The minimum absolute atomic E-state index is 0.548. The standard InChI is InChI=1S/C18H16/c1-3-7-15-13(5-1)9-11-18-16-8-4-2-6-14(16)10-12-17(15)18/h1-16H. The van der Waals surface area contributed by atoms with Gasteiger partial charge in [0, 0.05) is 23.7 Å². The Kier molecular flexibility index (Phi) is 2.16. The van der Waals surface area contributed by atoms with Crippen LogP contribution in [-0.4, -0.2) is 0 Å². The van der Waals surface area contributed by atoms with Crippen molar-refractivity contribution < 1.29 is 0 Å². The van der Waals surface area contributed by atoms with Gasteiger partial charge >= 0.3 is 0 Å². The van der Waals surface area contributed by atoms with E-state index in [1.807, 2.05) is 0 Å².